The van der Waals surface area contributed by atoms with E-state index in [1.807, 2.05) is 0 Å². The highest BCUT2D eigenvalue weighted by atomic mass is 16.5. The van der Waals surface area contributed by atoms with E-state index in [-0.39, 0.29) is 5.91 Å². The summed E-state index contributed by atoms with van der Waals surface area (Å²) in [7, 11) is 1.53. The quantitative estimate of drug-likeness (QED) is 0.871. The Morgan fingerprint density at radius 2 is 2.18 bits per heavy atom. The van der Waals surface area contributed by atoms with Gasteiger partial charge in [-0.2, -0.15) is 0 Å². The average molecular weight is 234 g/mol. The van der Waals surface area contributed by atoms with Gasteiger partial charge < -0.3 is 10.1 Å². The van der Waals surface area contributed by atoms with Gasteiger partial charge in [0.15, 0.2) is 0 Å². The van der Waals surface area contributed by atoms with Crippen LogP contribution in [-0.2, 0) is 0 Å². The smallest absolute Gasteiger partial charge is 0.256 e. The van der Waals surface area contributed by atoms with E-state index in [9.17, 15) is 4.79 Å². The number of pyridine rings is 1. The molecule has 0 saturated heterocycles. The molecule has 1 aromatic rings. The van der Waals surface area contributed by atoms with Crippen molar-refractivity contribution in [2.45, 2.75) is 38.1 Å². The van der Waals surface area contributed by atoms with Gasteiger partial charge in [0.05, 0.1) is 7.11 Å². The highest BCUT2D eigenvalue weighted by Gasteiger charge is 2.19. The van der Waals surface area contributed by atoms with Crippen molar-refractivity contribution in [3.63, 3.8) is 0 Å². The van der Waals surface area contributed by atoms with Gasteiger partial charge >= 0.3 is 0 Å². The summed E-state index contributed by atoms with van der Waals surface area (Å²) in [6.07, 6.45) is 7.46. The van der Waals surface area contributed by atoms with Crippen molar-refractivity contribution in [1.82, 2.24) is 10.3 Å². The topological polar surface area (TPSA) is 51.2 Å². The van der Waals surface area contributed by atoms with Gasteiger partial charge in [-0.15, -0.1) is 0 Å². The van der Waals surface area contributed by atoms with Crippen LogP contribution in [0.1, 0.15) is 42.5 Å². The van der Waals surface area contributed by atoms with Crippen molar-refractivity contribution in [1.29, 1.82) is 0 Å². The average Bonchev–Trinajstić information content (AvgIpc) is 2.40. The highest BCUT2D eigenvalue weighted by Crippen LogP contribution is 2.19. The summed E-state index contributed by atoms with van der Waals surface area (Å²) in [5.74, 6) is 0.308. The summed E-state index contributed by atoms with van der Waals surface area (Å²) < 4.78 is 5.08. The molecule has 1 aliphatic carbocycles. The number of aromatic nitrogens is 1. The van der Waals surface area contributed by atoms with Gasteiger partial charge in [0.2, 0.25) is 5.88 Å². The number of hydrogen-bond donors (Lipinski definition) is 1. The molecule has 1 aromatic heterocycles. The molecule has 0 aliphatic heterocycles. The molecule has 0 spiro atoms. The Hall–Kier alpha value is -1.58. The Balaban J connectivity index is 2.03. The molecule has 4 nitrogen and oxygen atoms in total. The molecule has 1 N–H and O–H groups in total. The van der Waals surface area contributed by atoms with Gasteiger partial charge in [0, 0.05) is 12.2 Å². The minimum Gasteiger partial charge on any atom is -0.480 e. The van der Waals surface area contributed by atoms with Gasteiger partial charge in [0.1, 0.15) is 5.56 Å². The first-order valence-electron chi connectivity index (χ1n) is 6.11. The molecule has 0 unspecified atom stereocenters. The fourth-order valence-corrected chi connectivity index (χ4v) is 2.24. The molecule has 2 rings (SSSR count). The zero-order valence-electron chi connectivity index (χ0n) is 10.1. The highest BCUT2D eigenvalue weighted by molar-refractivity contribution is 5.96. The van der Waals surface area contributed by atoms with Crippen molar-refractivity contribution in [3.8, 4) is 5.88 Å². The van der Waals surface area contributed by atoms with E-state index in [2.05, 4.69) is 10.3 Å². The second-order valence-electron chi connectivity index (χ2n) is 4.37. The largest absolute Gasteiger partial charge is 0.480 e. The predicted molar refractivity (Wildman–Crippen MR) is 65.1 cm³/mol. The van der Waals surface area contributed by atoms with Crippen molar-refractivity contribution in [2.75, 3.05) is 7.11 Å². The molecule has 1 fully saturated rings. The van der Waals surface area contributed by atoms with E-state index in [1.54, 1.807) is 18.3 Å². The summed E-state index contributed by atoms with van der Waals surface area (Å²) in [4.78, 5) is 16.1. The predicted octanol–water partition coefficient (Wildman–Crippen LogP) is 2.15. The molecular weight excluding hydrogens is 216 g/mol. The zero-order valence-corrected chi connectivity index (χ0v) is 10.1. The Labute approximate surface area is 101 Å². The lowest BCUT2D eigenvalue weighted by Crippen LogP contribution is -2.36. The minimum atomic E-state index is -0.0816. The van der Waals surface area contributed by atoms with Crippen LogP contribution in [0.5, 0.6) is 5.88 Å². The van der Waals surface area contributed by atoms with Gasteiger partial charge in [-0.25, -0.2) is 4.98 Å². The molecule has 1 saturated carbocycles. The van der Waals surface area contributed by atoms with E-state index < -0.39 is 0 Å². The molecule has 0 radical (unpaired) electrons. The van der Waals surface area contributed by atoms with Crippen molar-refractivity contribution < 1.29 is 9.53 Å². The van der Waals surface area contributed by atoms with E-state index in [0.29, 0.717) is 17.5 Å². The number of ether oxygens (including phenoxy) is 1. The molecule has 92 valence electrons. The third kappa shape index (κ3) is 2.96. The monoisotopic (exact) mass is 234 g/mol. The SMILES string of the molecule is COc1ncccc1C(=O)NC1CCCCC1. The van der Waals surface area contributed by atoms with E-state index in [0.717, 1.165) is 12.8 Å². The van der Waals surface area contributed by atoms with Crippen LogP contribution in [0.2, 0.25) is 0 Å². The standard InChI is InChI=1S/C13H18N2O2/c1-17-13-11(8-5-9-14-13)12(16)15-10-6-3-2-4-7-10/h5,8-10H,2-4,6-7H2,1H3,(H,15,16). The first kappa shape index (κ1) is 11.9. The molecule has 1 heterocycles. The normalized spacial score (nSPS) is 16.5. The van der Waals surface area contributed by atoms with Crippen LogP contribution in [0.4, 0.5) is 0 Å². The number of carbonyl (C=O) groups excluding carboxylic acids is 1. The number of nitrogens with zero attached hydrogens (tertiary/aromatic N) is 1. The van der Waals surface area contributed by atoms with Crippen LogP contribution in [0.15, 0.2) is 18.3 Å². The second-order valence-corrected chi connectivity index (χ2v) is 4.37. The Bertz CT molecular complexity index is 387. The van der Waals surface area contributed by atoms with Crippen LogP contribution in [0.3, 0.4) is 0 Å². The fourth-order valence-electron chi connectivity index (χ4n) is 2.24. The Morgan fingerprint density at radius 1 is 1.41 bits per heavy atom. The summed E-state index contributed by atoms with van der Waals surface area (Å²) in [6, 6.07) is 3.80. The Morgan fingerprint density at radius 3 is 2.88 bits per heavy atom. The molecule has 0 aromatic carbocycles. The molecule has 1 aliphatic rings. The molecule has 0 bridgehead atoms. The lowest BCUT2D eigenvalue weighted by molar-refractivity contribution is 0.0924. The van der Waals surface area contributed by atoms with Crippen molar-refractivity contribution in [3.05, 3.63) is 23.9 Å². The number of nitrogens with one attached hydrogen (secondary N) is 1. The first-order chi connectivity index (χ1) is 8.31. The van der Waals surface area contributed by atoms with Crippen molar-refractivity contribution >= 4 is 5.91 Å². The lowest BCUT2D eigenvalue weighted by Gasteiger charge is -2.22. The minimum absolute atomic E-state index is 0.0816. The van der Waals surface area contributed by atoms with Crippen LogP contribution >= 0.6 is 0 Å². The van der Waals surface area contributed by atoms with Gasteiger partial charge in [-0.1, -0.05) is 19.3 Å². The number of amides is 1. The van der Waals surface area contributed by atoms with Crippen molar-refractivity contribution in [2.24, 2.45) is 0 Å². The van der Waals surface area contributed by atoms with Gasteiger partial charge in [-0.3, -0.25) is 4.79 Å². The molecule has 17 heavy (non-hydrogen) atoms. The lowest BCUT2D eigenvalue weighted by atomic mass is 9.95. The van der Waals surface area contributed by atoms with Crippen LogP contribution in [0, 0.1) is 0 Å². The number of carbonyl (C=O) groups is 1. The van der Waals surface area contributed by atoms with Crippen LogP contribution in [0.25, 0.3) is 0 Å². The van der Waals surface area contributed by atoms with Crippen LogP contribution in [-0.4, -0.2) is 24.0 Å². The summed E-state index contributed by atoms with van der Waals surface area (Å²) in [5.41, 5.74) is 0.514. The van der Waals surface area contributed by atoms with Gasteiger partial charge in [0.25, 0.3) is 5.91 Å². The fraction of sp³-hybridized carbons (Fsp3) is 0.538. The van der Waals surface area contributed by atoms with Gasteiger partial charge in [-0.05, 0) is 25.0 Å². The third-order valence-electron chi connectivity index (χ3n) is 3.15. The van der Waals surface area contributed by atoms with E-state index in [1.165, 1.54) is 26.4 Å². The molecule has 0 atom stereocenters. The molecule has 1 amide bonds. The summed E-state index contributed by atoms with van der Waals surface area (Å²) in [6.45, 7) is 0. The Kier molecular flexibility index (Phi) is 3.96. The van der Waals surface area contributed by atoms with Crippen LogP contribution < -0.4 is 10.1 Å². The maximum Gasteiger partial charge on any atom is 0.256 e. The maximum absolute atomic E-state index is 12.1. The summed E-state index contributed by atoms with van der Waals surface area (Å²) in [5, 5.41) is 3.05. The number of hydrogen-bond acceptors (Lipinski definition) is 3. The maximum atomic E-state index is 12.1. The third-order valence-corrected chi connectivity index (χ3v) is 3.15. The molecular formula is C13H18N2O2. The zero-order chi connectivity index (χ0) is 12.1. The summed E-state index contributed by atoms with van der Waals surface area (Å²) >= 11 is 0. The number of methoxy groups -OCH3 is 1. The number of rotatable bonds is 3. The molecule has 4 heteroatoms. The van der Waals surface area contributed by atoms with E-state index in [4.69, 9.17) is 4.74 Å². The van der Waals surface area contributed by atoms with E-state index >= 15 is 0 Å². The first-order valence-corrected chi connectivity index (χ1v) is 6.11. The second kappa shape index (κ2) is 5.66.